The second-order valence-electron chi connectivity index (χ2n) is 6.25. The van der Waals surface area contributed by atoms with E-state index in [1.165, 1.54) is 18.2 Å². The number of phenols is 1. The third-order valence-electron chi connectivity index (χ3n) is 4.47. The summed E-state index contributed by atoms with van der Waals surface area (Å²) in [4.78, 5) is 38.3. The molecule has 0 spiro atoms. The van der Waals surface area contributed by atoms with Crippen molar-refractivity contribution in [3.05, 3.63) is 95.1 Å². The van der Waals surface area contributed by atoms with Gasteiger partial charge in [-0.05, 0) is 29.8 Å². The molecule has 3 aromatic carbocycles. The predicted octanol–water partition coefficient (Wildman–Crippen LogP) is 3.55. The van der Waals surface area contributed by atoms with Crippen LogP contribution in [0.5, 0.6) is 5.75 Å². The van der Waals surface area contributed by atoms with E-state index < -0.39 is 17.8 Å². The van der Waals surface area contributed by atoms with Gasteiger partial charge in [0.25, 0.3) is 11.8 Å². The number of amides is 2. The molecule has 0 bridgehead atoms. The molecule has 0 aliphatic carbocycles. The van der Waals surface area contributed by atoms with Gasteiger partial charge in [-0.15, -0.1) is 0 Å². The summed E-state index contributed by atoms with van der Waals surface area (Å²) in [7, 11) is 0. The molecule has 6 nitrogen and oxygen atoms in total. The van der Waals surface area contributed by atoms with Gasteiger partial charge in [-0.3, -0.25) is 9.59 Å². The fourth-order valence-electron chi connectivity index (χ4n) is 3.06. The largest absolute Gasteiger partial charge is 0.507 e. The number of phenolic OH excluding ortho intramolecular Hbond substituents is 1. The number of nitrogens with zero attached hydrogens (tertiary/aromatic N) is 1. The van der Waals surface area contributed by atoms with Crippen molar-refractivity contribution in [2.45, 2.75) is 6.61 Å². The van der Waals surface area contributed by atoms with E-state index in [9.17, 15) is 19.5 Å². The number of rotatable bonds is 4. The molecule has 0 saturated carbocycles. The van der Waals surface area contributed by atoms with Crippen LogP contribution in [0, 0.1) is 0 Å². The first-order valence-electron chi connectivity index (χ1n) is 8.58. The van der Waals surface area contributed by atoms with Crippen LogP contribution in [0.15, 0.2) is 72.8 Å². The van der Waals surface area contributed by atoms with Crippen LogP contribution in [0.2, 0.25) is 0 Å². The number of fused-ring (bicyclic) bond motifs is 1. The van der Waals surface area contributed by atoms with Crippen molar-refractivity contribution in [3.63, 3.8) is 0 Å². The highest BCUT2D eigenvalue weighted by Gasteiger charge is 2.36. The molecule has 4 rings (SSSR count). The number of esters is 1. The molecule has 0 radical (unpaired) electrons. The van der Waals surface area contributed by atoms with Crippen molar-refractivity contribution in [1.82, 2.24) is 0 Å². The molecule has 0 saturated heterocycles. The van der Waals surface area contributed by atoms with E-state index in [4.69, 9.17) is 4.74 Å². The van der Waals surface area contributed by atoms with E-state index in [-0.39, 0.29) is 23.6 Å². The minimum absolute atomic E-state index is 0.0451. The van der Waals surface area contributed by atoms with Gasteiger partial charge in [0, 0.05) is 6.07 Å². The lowest BCUT2D eigenvalue weighted by molar-refractivity contribution is 0.0469. The average molecular weight is 373 g/mol. The van der Waals surface area contributed by atoms with Gasteiger partial charge in [-0.1, -0.05) is 42.5 Å². The summed E-state index contributed by atoms with van der Waals surface area (Å²) in [5.74, 6) is -2.01. The van der Waals surface area contributed by atoms with E-state index in [1.807, 2.05) is 30.3 Å². The quantitative estimate of drug-likeness (QED) is 0.558. The first-order valence-corrected chi connectivity index (χ1v) is 8.58. The maximum atomic E-state index is 12.5. The molecule has 0 aromatic heterocycles. The Morgan fingerprint density at radius 2 is 1.46 bits per heavy atom. The van der Waals surface area contributed by atoms with Crippen molar-refractivity contribution in [3.8, 4) is 5.75 Å². The van der Waals surface area contributed by atoms with Crippen molar-refractivity contribution in [2.75, 3.05) is 4.90 Å². The number of ether oxygens (including phenoxy) is 1. The maximum Gasteiger partial charge on any atom is 0.342 e. The van der Waals surface area contributed by atoms with Gasteiger partial charge >= 0.3 is 5.97 Å². The first-order chi connectivity index (χ1) is 13.6. The van der Waals surface area contributed by atoms with Gasteiger partial charge in [0.1, 0.15) is 17.9 Å². The van der Waals surface area contributed by atoms with Crippen LogP contribution >= 0.6 is 0 Å². The lowest BCUT2D eigenvalue weighted by Crippen LogP contribution is -2.29. The van der Waals surface area contributed by atoms with E-state index in [2.05, 4.69) is 0 Å². The average Bonchev–Trinajstić information content (AvgIpc) is 2.97. The summed E-state index contributed by atoms with van der Waals surface area (Å²) >= 11 is 0. The first kappa shape index (κ1) is 17.5. The van der Waals surface area contributed by atoms with Crippen LogP contribution < -0.4 is 4.90 Å². The number of carbonyl (C=O) groups is 3. The Labute approximate surface area is 160 Å². The van der Waals surface area contributed by atoms with E-state index >= 15 is 0 Å². The van der Waals surface area contributed by atoms with E-state index in [1.54, 1.807) is 24.3 Å². The number of hydrogen-bond donors (Lipinski definition) is 1. The number of benzene rings is 3. The smallest absolute Gasteiger partial charge is 0.342 e. The molecule has 0 atom stereocenters. The summed E-state index contributed by atoms with van der Waals surface area (Å²) in [6.07, 6.45) is 0. The normalized spacial score (nSPS) is 12.8. The van der Waals surface area contributed by atoms with E-state index in [0.29, 0.717) is 11.1 Å². The van der Waals surface area contributed by atoms with Crippen LogP contribution in [0.25, 0.3) is 0 Å². The van der Waals surface area contributed by atoms with Crippen LogP contribution in [0.1, 0.15) is 36.6 Å². The Balaban J connectivity index is 1.55. The highest BCUT2D eigenvalue weighted by Crippen LogP contribution is 2.32. The molecule has 28 heavy (non-hydrogen) atoms. The van der Waals surface area contributed by atoms with Gasteiger partial charge in [0.05, 0.1) is 16.8 Å². The molecule has 1 aliphatic rings. The van der Waals surface area contributed by atoms with Crippen LogP contribution in [-0.2, 0) is 11.3 Å². The van der Waals surface area contributed by atoms with Gasteiger partial charge in [-0.2, -0.15) is 0 Å². The molecule has 1 heterocycles. The highest BCUT2D eigenvalue weighted by molar-refractivity contribution is 6.34. The third kappa shape index (κ3) is 3.01. The summed E-state index contributed by atoms with van der Waals surface area (Å²) in [6.45, 7) is 0.0687. The maximum absolute atomic E-state index is 12.5. The molecule has 0 fully saturated rings. The third-order valence-corrected chi connectivity index (χ3v) is 4.47. The summed E-state index contributed by atoms with van der Waals surface area (Å²) < 4.78 is 5.21. The fourth-order valence-corrected chi connectivity index (χ4v) is 3.06. The van der Waals surface area contributed by atoms with Gasteiger partial charge in [-0.25, -0.2) is 9.69 Å². The molecule has 2 amide bonds. The molecule has 138 valence electrons. The molecule has 1 aliphatic heterocycles. The Morgan fingerprint density at radius 3 is 2.07 bits per heavy atom. The van der Waals surface area contributed by atoms with Crippen molar-refractivity contribution in [1.29, 1.82) is 0 Å². The number of aromatic hydroxyl groups is 1. The predicted molar refractivity (Wildman–Crippen MR) is 101 cm³/mol. The molecule has 3 aromatic rings. The Morgan fingerprint density at radius 1 is 0.857 bits per heavy atom. The lowest BCUT2D eigenvalue weighted by atomic mass is 10.1. The van der Waals surface area contributed by atoms with Crippen LogP contribution in [-0.4, -0.2) is 22.9 Å². The topological polar surface area (TPSA) is 83.9 Å². The number of hydrogen-bond acceptors (Lipinski definition) is 5. The summed E-state index contributed by atoms with van der Waals surface area (Å²) in [5.41, 5.74) is 1.56. The number of anilines is 1. The number of imide groups is 1. The summed E-state index contributed by atoms with van der Waals surface area (Å²) in [5, 5.41) is 10.3. The molecular formula is C22H15NO5. The monoisotopic (exact) mass is 373 g/mol. The second kappa shape index (κ2) is 7.00. The van der Waals surface area contributed by atoms with Gasteiger partial charge in [0.2, 0.25) is 0 Å². The van der Waals surface area contributed by atoms with Crippen LogP contribution in [0.4, 0.5) is 5.69 Å². The van der Waals surface area contributed by atoms with Crippen molar-refractivity contribution >= 4 is 23.5 Å². The molecule has 0 unspecified atom stereocenters. The molecular weight excluding hydrogens is 358 g/mol. The standard InChI is InChI=1S/C22H15NO5/c24-19-12-15(23-20(25)16-8-4-5-9-17(16)21(23)26)10-11-18(19)22(27)28-13-14-6-2-1-3-7-14/h1-12,24H,13H2. The zero-order chi connectivity index (χ0) is 19.7. The zero-order valence-electron chi connectivity index (χ0n) is 14.7. The highest BCUT2D eigenvalue weighted by atomic mass is 16.5. The Hall–Kier alpha value is -3.93. The van der Waals surface area contributed by atoms with Gasteiger partial charge < -0.3 is 9.84 Å². The van der Waals surface area contributed by atoms with Crippen LogP contribution in [0.3, 0.4) is 0 Å². The summed E-state index contributed by atoms with van der Waals surface area (Å²) in [6, 6.07) is 19.6. The molecule has 1 N–H and O–H groups in total. The lowest BCUT2D eigenvalue weighted by Gasteiger charge is -2.15. The van der Waals surface area contributed by atoms with E-state index in [0.717, 1.165) is 10.5 Å². The van der Waals surface area contributed by atoms with Crippen molar-refractivity contribution < 1.29 is 24.2 Å². The molecule has 6 heteroatoms. The second-order valence-corrected chi connectivity index (χ2v) is 6.25. The van der Waals surface area contributed by atoms with Gasteiger partial charge in [0.15, 0.2) is 0 Å². The van der Waals surface area contributed by atoms with Crippen molar-refractivity contribution in [2.24, 2.45) is 0 Å². The minimum atomic E-state index is -0.699. The number of carbonyl (C=O) groups excluding carboxylic acids is 3. The zero-order valence-corrected chi connectivity index (χ0v) is 14.7. The Bertz CT molecular complexity index is 1060. The Kier molecular flexibility index (Phi) is 4.37. The minimum Gasteiger partial charge on any atom is -0.507 e. The fraction of sp³-hybridized carbons (Fsp3) is 0.0455. The SMILES string of the molecule is O=C(OCc1ccccc1)c1ccc(N2C(=O)c3ccccc3C2=O)cc1O.